The van der Waals surface area contributed by atoms with E-state index in [9.17, 15) is 0 Å². The van der Waals surface area contributed by atoms with Crippen molar-refractivity contribution in [2.24, 2.45) is 11.3 Å². The third-order valence-electron chi connectivity index (χ3n) is 4.81. The highest BCUT2D eigenvalue weighted by Gasteiger charge is 2.39. The summed E-state index contributed by atoms with van der Waals surface area (Å²) in [6, 6.07) is 0. The van der Waals surface area contributed by atoms with Crippen LogP contribution in [0.1, 0.15) is 51.9 Å². The van der Waals surface area contributed by atoms with Crippen molar-refractivity contribution < 1.29 is 5.11 Å². The second kappa shape index (κ2) is 8.93. The van der Waals surface area contributed by atoms with E-state index in [0.717, 1.165) is 24.4 Å². The molecule has 114 valence electrons. The van der Waals surface area contributed by atoms with Gasteiger partial charge < -0.3 is 15.3 Å². The van der Waals surface area contributed by atoms with Crippen LogP contribution in [0, 0.1) is 11.3 Å². The molecule has 2 N–H and O–H groups in total. The molecule has 0 aromatic carbocycles. The van der Waals surface area contributed by atoms with Gasteiger partial charge in [-0.3, -0.25) is 0 Å². The number of rotatable bonds is 5. The van der Waals surface area contributed by atoms with Crippen LogP contribution in [0.2, 0.25) is 0 Å². The SMILES string of the molecule is CCNCC1CCC2(CCC2)CC1.CN(C)CCO. The van der Waals surface area contributed by atoms with E-state index in [1.165, 1.54) is 38.6 Å². The fourth-order valence-electron chi connectivity index (χ4n) is 3.22. The van der Waals surface area contributed by atoms with Gasteiger partial charge in [-0.2, -0.15) is 0 Å². The number of nitrogens with zero attached hydrogens (tertiary/aromatic N) is 1. The summed E-state index contributed by atoms with van der Waals surface area (Å²) < 4.78 is 0. The average molecular weight is 270 g/mol. The summed E-state index contributed by atoms with van der Waals surface area (Å²) in [4.78, 5) is 1.93. The van der Waals surface area contributed by atoms with Crippen molar-refractivity contribution in [2.75, 3.05) is 40.3 Å². The lowest BCUT2D eigenvalue weighted by Crippen LogP contribution is -2.36. The second-order valence-corrected chi connectivity index (χ2v) is 6.63. The molecule has 0 atom stereocenters. The second-order valence-electron chi connectivity index (χ2n) is 6.63. The molecule has 2 fully saturated rings. The van der Waals surface area contributed by atoms with Crippen LogP contribution in [0.5, 0.6) is 0 Å². The van der Waals surface area contributed by atoms with Gasteiger partial charge >= 0.3 is 0 Å². The Balaban J connectivity index is 0.000000258. The number of aliphatic hydroxyl groups is 1. The lowest BCUT2D eigenvalue weighted by atomic mass is 9.59. The smallest absolute Gasteiger partial charge is 0.0558 e. The zero-order valence-electron chi connectivity index (χ0n) is 13.2. The number of hydrogen-bond donors (Lipinski definition) is 2. The topological polar surface area (TPSA) is 35.5 Å². The van der Waals surface area contributed by atoms with Crippen LogP contribution >= 0.6 is 0 Å². The molecule has 0 heterocycles. The van der Waals surface area contributed by atoms with Gasteiger partial charge in [-0.05, 0) is 77.0 Å². The van der Waals surface area contributed by atoms with Gasteiger partial charge in [-0.1, -0.05) is 13.3 Å². The first-order chi connectivity index (χ1) is 9.12. The summed E-state index contributed by atoms with van der Waals surface area (Å²) in [5.41, 5.74) is 0.850. The van der Waals surface area contributed by atoms with Crippen LogP contribution in [0.15, 0.2) is 0 Å². The van der Waals surface area contributed by atoms with E-state index in [1.807, 2.05) is 19.0 Å². The van der Waals surface area contributed by atoms with E-state index in [1.54, 1.807) is 12.8 Å². The molecule has 0 aliphatic heterocycles. The zero-order chi connectivity index (χ0) is 14.1. The summed E-state index contributed by atoms with van der Waals surface area (Å²) >= 11 is 0. The highest BCUT2D eigenvalue weighted by atomic mass is 16.3. The van der Waals surface area contributed by atoms with Crippen molar-refractivity contribution in [3.05, 3.63) is 0 Å². The Morgan fingerprint density at radius 1 is 1.16 bits per heavy atom. The van der Waals surface area contributed by atoms with Gasteiger partial charge in [0, 0.05) is 6.54 Å². The molecule has 0 aromatic heterocycles. The summed E-state index contributed by atoms with van der Waals surface area (Å²) in [7, 11) is 3.85. The Bertz CT molecular complexity index is 217. The number of nitrogens with one attached hydrogen (secondary N) is 1. The Kier molecular flexibility index (Phi) is 7.96. The van der Waals surface area contributed by atoms with Crippen LogP contribution < -0.4 is 5.32 Å². The fraction of sp³-hybridized carbons (Fsp3) is 1.00. The van der Waals surface area contributed by atoms with E-state index >= 15 is 0 Å². The number of hydrogen-bond acceptors (Lipinski definition) is 3. The molecule has 0 saturated heterocycles. The minimum atomic E-state index is 0.257. The quantitative estimate of drug-likeness (QED) is 0.806. The largest absolute Gasteiger partial charge is 0.395 e. The average Bonchev–Trinajstić information content (AvgIpc) is 2.36. The van der Waals surface area contributed by atoms with Crippen molar-refractivity contribution in [2.45, 2.75) is 51.9 Å². The van der Waals surface area contributed by atoms with Crippen LogP contribution in [-0.2, 0) is 0 Å². The van der Waals surface area contributed by atoms with Gasteiger partial charge in [0.15, 0.2) is 0 Å². The molecule has 3 heteroatoms. The van der Waals surface area contributed by atoms with Crippen molar-refractivity contribution in [3.8, 4) is 0 Å². The van der Waals surface area contributed by atoms with Crippen LogP contribution in [-0.4, -0.2) is 50.3 Å². The minimum absolute atomic E-state index is 0.257. The molecule has 2 aliphatic carbocycles. The lowest BCUT2D eigenvalue weighted by molar-refractivity contribution is 0.0556. The number of likely N-dealkylation sites (N-methyl/N-ethyl adjacent to an activating group) is 1. The minimum Gasteiger partial charge on any atom is -0.395 e. The molecule has 2 rings (SSSR count). The molecule has 0 amide bonds. The van der Waals surface area contributed by atoms with Crippen molar-refractivity contribution in [1.29, 1.82) is 0 Å². The molecular weight excluding hydrogens is 236 g/mol. The standard InChI is InChI=1S/C12H23N.C4H11NO/c1-2-13-10-11-4-8-12(9-5-11)6-3-7-12;1-5(2)3-4-6/h11,13H,2-10H2,1H3;6H,3-4H2,1-2H3. The third kappa shape index (κ3) is 6.24. The fourth-order valence-corrected chi connectivity index (χ4v) is 3.22. The van der Waals surface area contributed by atoms with Crippen molar-refractivity contribution in [3.63, 3.8) is 0 Å². The molecule has 3 nitrogen and oxygen atoms in total. The normalized spacial score (nSPS) is 21.9. The van der Waals surface area contributed by atoms with Gasteiger partial charge in [-0.15, -0.1) is 0 Å². The summed E-state index contributed by atoms with van der Waals surface area (Å²) in [6.07, 6.45) is 10.6. The zero-order valence-corrected chi connectivity index (χ0v) is 13.2. The lowest BCUT2D eigenvalue weighted by Gasteiger charge is -2.47. The maximum Gasteiger partial charge on any atom is 0.0558 e. The first-order valence-corrected chi connectivity index (χ1v) is 8.08. The van der Waals surface area contributed by atoms with Gasteiger partial charge in [0.25, 0.3) is 0 Å². The third-order valence-corrected chi connectivity index (χ3v) is 4.81. The maximum absolute atomic E-state index is 8.20. The summed E-state index contributed by atoms with van der Waals surface area (Å²) in [5.74, 6) is 0.992. The highest BCUT2D eigenvalue weighted by Crippen LogP contribution is 2.52. The summed E-state index contributed by atoms with van der Waals surface area (Å²) in [5, 5.41) is 11.7. The summed E-state index contributed by atoms with van der Waals surface area (Å²) in [6.45, 7) is 5.64. The molecule has 2 saturated carbocycles. The van der Waals surface area contributed by atoms with Crippen molar-refractivity contribution >= 4 is 0 Å². The van der Waals surface area contributed by atoms with E-state index in [-0.39, 0.29) is 6.61 Å². The molecule has 0 unspecified atom stereocenters. The van der Waals surface area contributed by atoms with Gasteiger partial charge in [0.1, 0.15) is 0 Å². The van der Waals surface area contributed by atoms with Crippen LogP contribution in [0.3, 0.4) is 0 Å². The van der Waals surface area contributed by atoms with Crippen molar-refractivity contribution in [1.82, 2.24) is 10.2 Å². The molecular formula is C16H34N2O. The Labute approximate surface area is 119 Å². The first-order valence-electron chi connectivity index (χ1n) is 8.08. The molecule has 0 radical (unpaired) electrons. The number of aliphatic hydroxyl groups excluding tert-OH is 1. The molecule has 19 heavy (non-hydrogen) atoms. The Hall–Kier alpha value is -0.120. The Morgan fingerprint density at radius 2 is 1.79 bits per heavy atom. The van der Waals surface area contributed by atoms with E-state index in [0.29, 0.717) is 0 Å². The van der Waals surface area contributed by atoms with E-state index < -0.39 is 0 Å². The predicted octanol–water partition coefficient (Wildman–Crippen LogP) is 2.50. The van der Waals surface area contributed by atoms with Gasteiger partial charge in [0.2, 0.25) is 0 Å². The monoisotopic (exact) mass is 270 g/mol. The van der Waals surface area contributed by atoms with E-state index in [2.05, 4.69) is 12.2 Å². The van der Waals surface area contributed by atoms with Crippen LogP contribution in [0.25, 0.3) is 0 Å². The van der Waals surface area contributed by atoms with E-state index in [4.69, 9.17) is 5.11 Å². The predicted molar refractivity (Wildman–Crippen MR) is 82.4 cm³/mol. The molecule has 0 aromatic rings. The van der Waals surface area contributed by atoms with Crippen LogP contribution in [0.4, 0.5) is 0 Å². The highest BCUT2D eigenvalue weighted by molar-refractivity contribution is 4.91. The Morgan fingerprint density at radius 3 is 2.11 bits per heavy atom. The van der Waals surface area contributed by atoms with Gasteiger partial charge in [-0.25, -0.2) is 0 Å². The first kappa shape index (κ1) is 16.9. The molecule has 2 aliphatic rings. The molecule has 0 bridgehead atoms. The van der Waals surface area contributed by atoms with Gasteiger partial charge in [0.05, 0.1) is 6.61 Å². The maximum atomic E-state index is 8.20. The molecule has 1 spiro atoms.